The predicted octanol–water partition coefficient (Wildman–Crippen LogP) is 2.66. The van der Waals surface area contributed by atoms with Crippen molar-refractivity contribution in [3.05, 3.63) is 29.8 Å². The maximum Gasteiger partial charge on any atom is 0.320 e. The van der Waals surface area contributed by atoms with Gasteiger partial charge in [-0.1, -0.05) is 26.0 Å². The molecule has 0 radical (unpaired) electrons. The number of nitrogens with zero attached hydrogens (tertiary/aromatic N) is 1. The second-order valence-electron chi connectivity index (χ2n) is 5.42. The molecule has 1 unspecified atom stereocenters. The number of nitrogens with one attached hydrogen (secondary N) is 1. The summed E-state index contributed by atoms with van der Waals surface area (Å²) in [5.74, 6) is -0.779. The van der Waals surface area contributed by atoms with Gasteiger partial charge in [-0.3, -0.25) is 4.79 Å². The van der Waals surface area contributed by atoms with Gasteiger partial charge in [-0.05, 0) is 38.0 Å². The Kier molecular flexibility index (Phi) is 6.52. The summed E-state index contributed by atoms with van der Waals surface area (Å²) in [6.07, 6.45) is 0.593. The van der Waals surface area contributed by atoms with Crippen molar-refractivity contribution < 1.29 is 9.90 Å². The van der Waals surface area contributed by atoms with E-state index in [1.165, 1.54) is 5.56 Å². The Bertz CT molecular complexity index is 432. The van der Waals surface area contributed by atoms with Crippen LogP contribution in [0.25, 0.3) is 0 Å². The van der Waals surface area contributed by atoms with Crippen molar-refractivity contribution in [3.63, 3.8) is 0 Å². The third kappa shape index (κ3) is 5.21. The van der Waals surface area contributed by atoms with E-state index in [9.17, 15) is 9.90 Å². The average Bonchev–Trinajstić information content (AvgIpc) is 2.37. The fourth-order valence-electron chi connectivity index (χ4n) is 2.26. The van der Waals surface area contributed by atoms with E-state index in [0.717, 1.165) is 18.8 Å². The predicted molar refractivity (Wildman–Crippen MR) is 83.4 cm³/mol. The first-order valence-corrected chi connectivity index (χ1v) is 7.24. The van der Waals surface area contributed by atoms with Crippen LogP contribution in [0, 0.1) is 6.92 Å². The lowest BCUT2D eigenvalue weighted by atomic mass is 10.1. The van der Waals surface area contributed by atoms with E-state index in [1.807, 2.05) is 19.9 Å². The van der Waals surface area contributed by atoms with Gasteiger partial charge in [-0.2, -0.15) is 0 Å². The van der Waals surface area contributed by atoms with Gasteiger partial charge >= 0.3 is 5.97 Å². The Balaban J connectivity index is 2.66. The molecule has 0 aliphatic carbocycles. The Labute approximate surface area is 121 Å². The highest BCUT2D eigenvalue weighted by Crippen LogP contribution is 2.16. The fourth-order valence-corrected chi connectivity index (χ4v) is 2.26. The highest BCUT2D eigenvalue weighted by molar-refractivity contribution is 5.73. The number of aryl methyl sites for hydroxylation is 1. The number of aliphatic carboxylic acids is 1. The Morgan fingerprint density at radius 2 is 2.10 bits per heavy atom. The van der Waals surface area contributed by atoms with Crippen LogP contribution in [-0.4, -0.2) is 36.2 Å². The molecule has 1 aromatic rings. The van der Waals surface area contributed by atoms with Gasteiger partial charge in [-0.25, -0.2) is 0 Å². The van der Waals surface area contributed by atoms with Crippen LogP contribution in [0.4, 0.5) is 5.69 Å². The summed E-state index contributed by atoms with van der Waals surface area (Å²) in [6.45, 7) is 9.70. The molecule has 4 nitrogen and oxygen atoms in total. The second-order valence-corrected chi connectivity index (χ2v) is 5.42. The lowest BCUT2D eigenvalue weighted by Gasteiger charge is -2.26. The summed E-state index contributed by atoms with van der Waals surface area (Å²) in [4.78, 5) is 13.5. The number of anilines is 1. The average molecular weight is 278 g/mol. The molecule has 0 saturated carbocycles. The SMILES string of the molecule is CCN(CCC(NC(C)C)C(=O)O)c1cccc(C)c1. The van der Waals surface area contributed by atoms with Gasteiger partial charge in [0.2, 0.25) is 0 Å². The standard InChI is InChI=1S/C16H26N2O2/c1-5-18(14-8-6-7-13(4)11-14)10-9-15(16(19)20)17-12(2)3/h6-8,11-12,15,17H,5,9-10H2,1-4H3,(H,19,20). The van der Waals surface area contributed by atoms with E-state index in [2.05, 4.69) is 42.3 Å². The van der Waals surface area contributed by atoms with Crippen LogP contribution in [-0.2, 0) is 4.79 Å². The first-order valence-electron chi connectivity index (χ1n) is 7.24. The number of hydrogen-bond donors (Lipinski definition) is 2. The number of carboxylic acids is 1. The molecule has 1 aromatic carbocycles. The Morgan fingerprint density at radius 3 is 2.60 bits per heavy atom. The molecular weight excluding hydrogens is 252 g/mol. The third-order valence-corrected chi connectivity index (χ3v) is 3.27. The largest absolute Gasteiger partial charge is 0.480 e. The Morgan fingerprint density at radius 1 is 1.40 bits per heavy atom. The molecule has 0 saturated heterocycles. The molecule has 2 N–H and O–H groups in total. The zero-order chi connectivity index (χ0) is 15.1. The van der Waals surface area contributed by atoms with Crippen molar-refractivity contribution in [1.29, 1.82) is 0 Å². The van der Waals surface area contributed by atoms with Crippen LogP contribution in [0.1, 0.15) is 32.8 Å². The topological polar surface area (TPSA) is 52.6 Å². The molecule has 112 valence electrons. The lowest BCUT2D eigenvalue weighted by Crippen LogP contribution is -2.43. The molecule has 20 heavy (non-hydrogen) atoms. The van der Waals surface area contributed by atoms with E-state index in [0.29, 0.717) is 6.42 Å². The summed E-state index contributed by atoms with van der Waals surface area (Å²) in [7, 11) is 0. The second kappa shape index (κ2) is 7.90. The van der Waals surface area contributed by atoms with Crippen LogP contribution in [0.2, 0.25) is 0 Å². The van der Waals surface area contributed by atoms with Gasteiger partial charge < -0.3 is 15.3 Å². The van der Waals surface area contributed by atoms with Gasteiger partial charge in [0.15, 0.2) is 0 Å². The van der Waals surface area contributed by atoms with Gasteiger partial charge in [0.05, 0.1) is 0 Å². The van der Waals surface area contributed by atoms with E-state index < -0.39 is 12.0 Å². The Hall–Kier alpha value is -1.55. The summed E-state index contributed by atoms with van der Waals surface area (Å²) in [6, 6.07) is 7.99. The number of carboxylic acid groups (broad SMARTS) is 1. The zero-order valence-electron chi connectivity index (χ0n) is 12.9. The number of hydrogen-bond acceptors (Lipinski definition) is 3. The number of rotatable bonds is 8. The maximum absolute atomic E-state index is 11.2. The summed E-state index contributed by atoms with van der Waals surface area (Å²) < 4.78 is 0. The molecule has 4 heteroatoms. The smallest absolute Gasteiger partial charge is 0.320 e. The molecule has 1 atom stereocenters. The summed E-state index contributed by atoms with van der Waals surface area (Å²) in [5, 5.41) is 12.3. The lowest BCUT2D eigenvalue weighted by molar-refractivity contribution is -0.139. The molecule has 0 amide bonds. The van der Waals surface area contributed by atoms with Crippen molar-refractivity contribution in [1.82, 2.24) is 5.32 Å². The zero-order valence-corrected chi connectivity index (χ0v) is 12.9. The number of benzene rings is 1. The van der Waals surface area contributed by atoms with E-state index >= 15 is 0 Å². The quantitative estimate of drug-likeness (QED) is 0.767. The van der Waals surface area contributed by atoms with Gasteiger partial charge in [0.1, 0.15) is 6.04 Å². The third-order valence-electron chi connectivity index (χ3n) is 3.27. The van der Waals surface area contributed by atoms with Crippen LogP contribution < -0.4 is 10.2 Å². The molecule has 1 rings (SSSR count). The van der Waals surface area contributed by atoms with Gasteiger partial charge in [0, 0.05) is 24.8 Å². The fraction of sp³-hybridized carbons (Fsp3) is 0.562. The molecule has 0 aromatic heterocycles. The minimum absolute atomic E-state index is 0.171. The molecular formula is C16H26N2O2. The van der Waals surface area contributed by atoms with Crippen molar-refractivity contribution in [3.8, 4) is 0 Å². The first kappa shape index (κ1) is 16.5. The maximum atomic E-state index is 11.2. The molecule has 0 aliphatic heterocycles. The van der Waals surface area contributed by atoms with Crippen LogP contribution in [0.5, 0.6) is 0 Å². The molecule has 0 fully saturated rings. The highest BCUT2D eigenvalue weighted by Gasteiger charge is 2.19. The minimum Gasteiger partial charge on any atom is -0.480 e. The molecule has 0 aliphatic rings. The normalized spacial score (nSPS) is 12.4. The van der Waals surface area contributed by atoms with Crippen molar-refractivity contribution >= 4 is 11.7 Å². The molecule has 0 bridgehead atoms. The van der Waals surface area contributed by atoms with Crippen LogP contribution in [0.3, 0.4) is 0 Å². The minimum atomic E-state index is -0.779. The van der Waals surface area contributed by atoms with Crippen molar-refractivity contribution in [2.75, 3.05) is 18.0 Å². The summed E-state index contributed by atoms with van der Waals surface area (Å²) >= 11 is 0. The van der Waals surface area contributed by atoms with E-state index in [4.69, 9.17) is 0 Å². The monoisotopic (exact) mass is 278 g/mol. The molecule has 0 heterocycles. The van der Waals surface area contributed by atoms with Gasteiger partial charge in [-0.15, -0.1) is 0 Å². The van der Waals surface area contributed by atoms with Crippen molar-refractivity contribution in [2.24, 2.45) is 0 Å². The van der Waals surface area contributed by atoms with E-state index in [1.54, 1.807) is 0 Å². The van der Waals surface area contributed by atoms with Crippen molar-refractivity contribution in [2.45, 2.75) is 46.2 Å². The highest BCUT2D eigenvalue weighted by atomic mass is 16.4. The van der Waals surface area contributed by atoms with Gasteiger partial charge in [0.25, 0.3) is 0 Å². The first-order chi connectivity index (χ1) is 9.43. The van der Waals surface area contributed by atoms with E-state index in [-0.39, 0.29) is 6.04 Å². The van der Waals surface area contributed by atoms with Crippen LogP contribution in [0.15, 0.2) is 24.3 Å². The summed E-state index contributed by atoms with van der Waals surface area (Å²) in [5.41, 5.74) is 2.37. The van der Waals surface area contributed by atoms with Crippen LogP contribution >= 0.6 is 0 Å². The molecule has 0 spiro atoms. The number of carbonyl (C=O) groups is 1.